The van der Waals surface area contributed by atoms with Crippen molar-refractivity contribution in [1.82, 2.24) is 4.98 Å². The second-order valence-corrected chi connectivity index (χ2v) is 10.7. The molecule has 4 nitrogen and oxygen atoms in total. The van der Waals surface area contributed by atoms with E-state index in [1.807, 2.05) is 32.0 Å². The second-order valence-electron chi connectivity index (χ2n) is 8.77. The lowest BCUT2D eigenvalue weighted by Crippen LogP contribution is -2.37. The van der Waals surface area contributed by atoms with Crippen molar-refractivity contribution in [2.75, 3.05) is 11.1 Å². The van der Waals surface area contributed by atoms with Gasteiger partial charge in [0.05, 0.1) is 16.2 Å². The molecule has 0 saturated heterocycles. The fraction of sp³-hybridized carbons (Fsp3) is 0.261. The Morgan fingerprint density at radius 2 is 1.90 bits per heavy atom. The number of pyridine rings is 1. The van der Waals surface area contributed by atoms with Gasteiger partial charge in [-0.1, -0.05) is 26.0 Å². The van der Waals surface area contributed by atoms with Gasteiger partial charge in [-0.15, -0.1) is 0 Å². The van der Waals surface area contributed by atoms with Crippen LogP contribution in [0.4, 0.5) is 14.5 Å². The van der Waals surface area contributed by atoms with Gasteiger partial charge >= 0.3 is 0 Å². The van der Waals surface area contributed by atoms with E-state index in [0.717, 1.165) is 23.2 Å². The Morgan fingerprint density at radius 3 is 2.67 bits per heavy atom. The van der Waals surface area contributed by atoms with E-state index >= 15 is 0 Å². The Bertz CT molecular complexity index is 1350. The molecular weight excluding hydrogens is 406 g/mol. The topological polar surface area (TPSA) is 59.1 Å². The van der Waals surface area contributed by atoms with E-state index in [0.29, 0.717) is 28.8 Å². The maximum Gasteiger partial charge on any atom is 0.177 e. The van der Waals surface area contributed by atoms with Crippen molar-refractivity contribution in [1.29, 1.82) is 0 Å². The number of aromatic nitrogens is 1. The summed E-state index contributed by atoms with van der Waals surface area (Å²) < 4.78 is 54.7. The third-order valence-corrected chi connectivity index (χ3v) is 8.12. The molecule has 1 aromatic heterocycles. The first-order valence-corrected chi connectivity index (χ1v) is 11.4. The van der Waals surface area contributed by atoms with Crippen LogP contribution in [0.3, 0.4) is 0 Å². The Hall–Kier alpha value is -2.80. The highest BCUT2D eigenvalue weighted by molar-refractivity contribution is 7.95. The first kappa shape index (κ1) is 19.2. The first-order chi connectivity index (χ1) is 14.2. The van der Waals surface area contributed by atoms with Crippen molar-refractivity contribution >= 4 is 26.4 Å². The third kappa shape index (κ3) is 2.91. The fourth-order valence-corrected chi connectivity index (χ4v) is 7.15. The molecule has 3 aromatic rings. The lowest BCUT2D eigenvalue weighted by Gasteiger charge is -2.40. The minimum atomic E-state index is -3.64. The van der Waals surface area contributed by atoms with Gasteiger partial charge in [0.2, 0.25) is 0 Å². The zero-order chi connectivity index (χ0) is 21.3. The number of sulfone groups is 1. The lowest BCUT2D eigenvalue weighted by molar-refractivity contribution is 0.400. The molecule has 0 saturated carbocycles. The number of fused-ring (bicyclic) bond motifs is 3. The summed E-state index contributed by atoms with van der Waals surface area (Å²) in [5.41, 5.74) is 2.79. The van der Waals surface area contributed by atoms with Gasteiger partial charge in [-0.2, -0.15) is 0 Å². The van der Waals surface area contributed by atoms with Crippen LogP contribution in [0, 0.1) is 17.0 Å². The molecule has 2 aliphatic rings. The largest absolute Gasteiger partial charge is 0.358 e. The van der Waals surface area contributed by atoms with Gasteiger partial charge in [0.1, 0.15) is 0 Å². The summed E-state index contributed by atoms with van der Waals surface area (Å²) in [5.74, 6) is -2.70. The standard InChI is InChI=1S/C23H20F2N2O2S/c1-23(2)11-19-22(30(28,29)12-23)20(13-5-6-15(24)16(25)10-13)21-14-4-3-9-26-17(14)7-8-18(21)27-19/h3-10,20,27H,11-12H2,1-2H3. The molecule has 0 aliphatic carbocycles. The number of rotatable bonds is 1. The summed E-state index contributed by atoms with van der Waals surface area (Å²) in [6.07, 6.45) is 2.22. The van der Waals surface area contributed by atoms with Gasteiger partial charge in [-0.05, 0) is 53.3 Å². The van der Waals surface area contributed by atoms with E-state index in [1.165, 1.54) is 6.07 Å². The van der Waals surface area contributed by atoms with Crippen molar-refractivity contribution in [3.05, 3.63) is 82.0 Å². The maximum atomic E-state index is 14.2. The summed E-state index contributed by atoms with van der Waals surface area (Å²) in [4.78, 5) is 4.63. The van der Waals surface area contributed by atoms with E-state index < -0.39 is 32.8 Å². The highest BCUT2D eigenvalue weighted by Gasteiger charge is 2.45. The van der Waals surface area contributed by atoms with Crippen LogP contribution in [0.15, 0.2) is 59.3 Å². The van der Waals surface area contributed by atoms with Crippen LogP contribution in [-0.4, -0.2) is 19.2 Å². The molecule has 1 unspecified atom stereocenters. The van der Waals surface area contributed by atoms with Gasteiger partial charge in [-0.25, -0.2) is 17.2 Å². The molecule has 0 spiro atoms. The second kappa shape index (κ2) is 6.35. The molecule has 154 valence electrons. The lowest BCUT2D eigenvalue weighted by atomic mass is 9.81. The molecule has 7 heteroatoms. The fourth-order valence-electron chi connectivity index (χ4n) is 4.76. The van der Waals surface area contributed by atoms with Gasteiger partial charge in [0, 0.05) is 28.9 Å². The average molecular weight is 426 g/mol. The van der Waals surface area contributed by atoms with Crippen LogP contribution in [0.5, 0.6) is 0 Å². The third-order valence-electron chi connectivity index (χ3n) is 5.81. The van der Waals surface area contributed by atoms with E-state index in [-0.39, 0.29) is 10.7 Å². The maximum absolute atomic E-state index is 14.2. The predicted octanol–water partition coefficient (Wildman–Crippen LogP) is 5.13. The number of allylic oxidation sites excluding steroid dienone is 2. The molecule has 30 heavy (non-hydrogen) atoms. The molecule has 2 aromatic carbocycles. The van der Waals surface area contributed by atoms with Gasteiger partial charge in [-0.3, -0.25) is 4.98 Å². The Labute approximate surface area is 173 Å². The van der Waals surface area contributed by atoms with Crippen LogP contribution in [0.1, 0.15) is 37.3 Å². The number of hydrogen-bond acceptors (Lipinski definition) is 4. The van der Waals surface area contributed by atoms with Crippen LogP contribution in [0.25, 0.3) is 10.9 Å². The number of nitrogens with one attached hydrogen (secondary N) is 1. The summed E-state index contributed by atoms with van der Waals surface area (Å²) in [5, 5.41) is 4.11. The SMILES string of the molecule is CC1(C)CC2=C(C(c3ccc(F)c(F)c3)c3c(ccc4ncccc34)N2)S(=O)(=O)C1. The Kier molecular flexibility index (Phi) is 4.06. The normalized spacial score (nSPS) is 21.7. The highest BCUT2D eigenvalue weighted by Crippen LogP contribution is 2.51. The van der Waals surface area contributed by atoms with E-state index in [9.17, 15) is 17.2 Å². The van der Waals surface area contributed by atoms with Gasteiger partial charge in [0.15, 0.2) is 21.5 Å². The molecule has 5 rings (SSSR count). The molecule has 0 bridgehead atoms. The van der Waals surface area contributed by atoms with Gasteiger partial charge in [0.25, 0.3) is 0 Å². The molecular formula is C23H20F2N2O2S. The Balaban J connectivity index is 1.87. The van der Waals surface area contributed by atoms with E-state index in [4.69, 9.17) is 0 Å². The summed E-state index contributed by atoms with van der Waals surface area (Å²) in [7, 11) is -3.64. The van der Waals surface area contributed by atoms with Crippen LogP contribution in [-0.2, 0) is 9.84 Å². The summed E-state index contributed by atoms with van der Waals surface area (Å²) >= 11 is 0. The van der Waals surface area contributed by atoms with E-state index in [2.05, 4.69) is 10.3 Å². The number of benzene rings is 2. The zero-order valence-corrected chi connectivity index (χ0v) is 17.4. The van der Waals surface area contributed by atoms with Crippen molar-refractivity contribution in [3.63, 3.8) is 0 Å². The average Bonchev–Trinajstić information content (AvgIpc) is 2.67. The quantitative estimate of drug-likeness (QED) is 0.586. The minimum Gasteiger partial charge on any atom is -0.358 e. The minimum absolute atomic E-state index is 0.000953. The molecule has 1 N–H and O–H groups in total. The summed E-state index contributed by atoms with van der Waals surface area (Å²) in [6, 6.07) is 11.0. The molecule has 3 heterocycles. The van der Waals surface area contributed by atoms with Crippen LogP contribution >= 0.6 is 0 Å². The number of anilines is 1. The Morgan fingerprint density at radius 1 is 1.10 bits per heavy atom. The van der Waals surface area contributed by atoms with Crippen LogP contribution in [0.2, 0.25) is 0 Å². The highest BCUT2D eigenvalue weighted by atomic mass is 32.2. The van der Waals surface area contributed by atoms with Crippen molar-refractivity contribution < 1.29 is 17.2 Å². The molecule has 1 atom stereocenters. The van der Waals surface area contributed by atoms with Crippen molar-refractivity contribution in [2.45, 2.75) is 26.2 Å². The number of halogens is 2. The van der Waals surface area contributed by atoms with E-state index in [1.54, 1.807) is 12.3 Å². The molecule has 0 radical (unpaired) electrons. The number of hydrogen-bond donors (Lipinski definition) is 1. The van der Waals surface area contributed by atoms with Crippen LogP contribution < -0.4 is 5.32 Å². The summed E-state index contributed by atoms with van der Waals surface area (Å²) in [6.45, 7) is 3.84. The van der Waals surface area contributed by atoms with Gasteiger partial charge < -0.3 is 5.32 Å². The molecule has 0 amide bonds. The molecule has 0 fully saturated rings. The van der Waals surface area contributed by atoms with Crippen molar-refractivity contribution in [2.24, 2.45) is 5.41 Å². The first-order valence-electron chi connectivity index (χ1n) is 9.72. The zero-order valence-electron chi connectivity index (χ0n) is 16.5. The monoisotopic (exact) mass is 426 g/mol. The smallest absolute Gasteiger partial charge is 0.177 e. The number of nitrogens with zero attached hydrogens (tertiary/aromatic N) is 1. The molecule has 2 aliphatic heterocycles. The predicted molar refractivity (Wildman–Crippen MR) is 113 cm³/mol. The van der Waals surface area contributed by atoms with Crippen molar-refractivity contribution in [3.8, 4) is 0 Å².